The number of aliphatic hydroxyl groups excluding tert-OH is 3. The lowest BCUT2D eigenvalue weighted by atomic mass is 9.47. The number of carbonyl (C=O) groups is 1. The Bertz CT molecular complexity index is 1620. The van der Waals surface area contributed by atoms with Crippen LogP contribution in [0.3, 0.4) is 0 Å². The molecule has 0 aromatic carbocycles. The van der Waals surface area contributed by atoms with Crippen LogP contribution in [0.15, 0.2) is 72.4 Å². The molecule has 1 aliphatic heterocycles. The number of carbonyl (C=O) groups excluding carboxylic acids is 1. The Balaban J connectivity index is 0.931. The standard InChI is InChI=1S/C60H98O7/c1-8-9-10-11-12-13-14-15-16-17-18-19-20-21-22-23-24-25-26-27-28-29-30-31-54(61)65-43-53-55(62)56(63)57(64)58(67-53)66-48-38-40-59(6)47(42-48)34-35-49-51-37-36-50(60(51,7)41-39-52(49)59)46(5)33-32-45(4)44(2)3/h9-10,12-13,15-16,18-19,32-34,44-46,48-53,55-58,62-64H,8,11,14,17,20-31,35-43H2,1-7H3/b10-9-,13-12-,16-15-,19-18-,33-32+. The van der Waals surface area contributed by atoms with Crippen molar-refractivity contribution in [3.63, 3.8) is 0 Å². The molecule has 7 heteroatoms. The third-order valence-electron chi connectivity index (χ3n) is 17.7. The van der Waals surface area contributed by atoms with Crippen molar-refractivity contribution in [2.24, 2.45) is 52.3 Å². The Hall–Kier alpha value is -2.29. The second kappa shape index (κ2) is 28.5. The van der Waals surface area contributed by atoms with Gasteiger partial charge in [-0.05, 0) is 149 Å². The average Bonchev–Trinajstić information content (AvgIpc) is 3.68. The molecule has 14 atom stereocenters. The number of rotatable bonds is 28. The molecular formula is C60H98O7. The monoisotopic (exact) mass is 931 g/mol. The maximum absolute atomic E-state index is 12.7. The first-order valence-electron chi connectivity index (χ1n) is 27.8. The van der Waals surface area contributed by atoms with Gasteiger partial charge in [0.15, 0.2) is 6.29 Å². The molecule has 14 unspecified atom stereocenters. The van der Waals surface area contributed by atoms with Gasteiger partial charge in [0.2, 0.25) is 0 Å². The summed E-state index contributed by atoms with van der Waals surface area (Å²) in [4.78, 5) is 12.7. The zero-order valence-corrected chi connectivity index (χ0v) is 43.5. The van der Waals surface area contributed by atoms with Crippen LogP contribution in [0.25, 0.3) is 0 Å². The van der Waals surface area contributed by atoms with Crippen molar-refractivity contribution < 1.29 is 34.3 Å². The summed E-state index contributed by atoms with van der Waals surface area (Å²) >= 11 is 0. The van der Waals surface area contributed by atoms with E-state index >= 15 is 0 Å². The van der Waals surface area contributed by atoms with E-state index in [-0.39, 0.29) is 24.1 Å². The number of fused-ring (bicyclic) bond motifs is 5. The maximum Gasteiger partial charge on any atom is 0.305 e. The van der Waals surface area contributed by atoms with Gasteiger partial charge in [-0.25, -0.2) is 0 Å². The number of allylic oxidation sites excluding steroid dienone is 11. The summed E-state index contributed by atoms with van der Waals surface area (Å²) in [5.74, 6) is 4.52. The highest BCUT2D eigenvalue weighted by molar-refractivity contribution is 5.69. The minimum atomic E-state index is -1.45. The number of esters is 1. The van der Waals surface area contributed by atoms with Gasteiger partial charge in [0.25, 0.3) is 0 Å². The summed E-state index contributed by atoms with van der Waals surface area (Å²) in [7, 11) is 0. The van der Waals surface area contributed by atoms with E-state index in [1.165, 1.54) is 82.6 Å². The summed E-state index contributed by atoms with van der Waals surface area (Å²) < 4.78 is 18.1. The van der Waals surface area contributed by atoms with E-state index < -0.39 is 30.7 Å². The second-order valence-corrected chi connectivity index (χ2v) is 22.6. The van der Waals surface area contributed by atoms with E-state index in [0.717, 1.165) is 88.4 Å². The van der Waals surface area contributed by atoms with Crippen LogP contribution in [-0.2, 0) is 19.0 Å². The second-order valence-electron chi connectivity index (χ2n) is 22.6. The van der Waals surface area contributed by atoms with Gasteiger partial charge in [0.1, 0.15) is 31.0 Å². The van der Waals surface area contributed by atoms with Crippen LogP contribution in [0.5, 0.6) is 0 Å². The van der Waals surface area contributed by atoms with Crippen molar-refractivity contribution in [1.82, 2.24) is 0 Å². The molecule has 4 aliphatic carbocycles. The van der Waals surface area contributed by atoms with Gasteiger partial charge in [0, 0.05) is 6.42 Å². The van der Waals surface area contributed by atoms with E-state index in [4.69, 9.17) is 14.2 Å². The number of hydrogen-bond acceptors (Lipinski definition) is 7. The van der Waals surface area contributed by atoms with Crippen LogP contribution in [0.4, 0.5) is 0 Å². The highest BCUT2D eigenvalue weighted by atomic mass is 16.7. The molecule has 4 fully saturated rings. The Morgan fingerprint density at radius 3 is 2.01 bits per heavy atom. The lowest BCUT2D eigenvalue weighted by Gasteiger charge is -2.58. The molecule has 0 bridgehead atoms. The van der Waals surface area contributed by atoms with Crippen molar-refractivity contribution in [2.75, 3.05) is 6.61 Å². The fourth-order valence-electron chi connectivity index (χ4n) is 13.0. The zero-order chi connectivity index (χ0) is 48.2. The molecule has 3 N–H and O–H groups in total. The highest BCUT2D eigenvalue weighted by Crippen LogP contribution is 2.67. The summed E-state index contributed by atoms with van der Waals surface area (Å²) in [6.45, 7) is 16.6. The smallest absolute Gasteiger partial charge is 0.305 e. The molecule has 0 aromatic rings. The van der Waals surface area contributed by atoms with Crippen LogP contribution < -0.4 is 0 Å². The Kier molecular flexibility index (Phi) is 23.7. The molecule has 7 nitrogen and oxygen atoms in total. The zero-order valence-electron chi connectivity index (χ0n) is 43.5. The molecule has 5 aliphatic rings. The molecule has 0 radical (unpaired) electrons. The molecule has 67 heavy (non-hydrogen) atoms. The van der Waals surface area contributed by atoms with E-state index in [0.29, 0.717) is 35.5 Å². The lowest BCUT2D eigenvalue weighted by Crippen LogP contribution is -2.60. The molecule has 380 valence electrons. The third kappa shape index (κ3) is 16.1. The topological polar surface area (TPSA) is 105 Å². The maximum atomic E-state index is 12.7. The fourth-order valence-corrected chi connectivity index (χ4v) is 13.0. The van der Waals surface area contributed by atoms with Gasteiger partial charge in [-0.3, -0.25) is 4.79 Å². The molecular weight excluding hydrogens is 833 g/mol. The van der Waals surface area contributed by atoms with Crippen LogP contribution in [-0.4, -0.2) is 64.7 Å². The van der Waals surface area contributed by atoms with E-state index in [9.17, 15) is 20.1 Å². The molecule has 5 rings (SSSR count). The largest absolute Gasteiger partial charge is 0.463 e. The van der Waals surface area contributed by atoms with Gasteiger partial charge in [-0.1, -0.05) is 172 Å². The summed E-state index contributed by atoms with van der Waals surface area (Å²) in [5, 5.41) is 32.6. The van der Waals surface area contributed by atoms with Gasteiger partial charge in [-0.2, -0.15) is 0 Å². The van der Waals surface area contributed by atoms with Crippen molar-refractivity contribution in [3.8, 4) is 0 Å². The highest BCUT2D eigenvalue weighted by Gasteiger charge is 2.59. The molecule has 0 amide bonds. The first-order valence-corrected chi connectivity index (χ1v) is 27.8. The minimum absolute atomic E-state index is 0.152. The molecule has 1 heterocycles. The van der Waals surface area contributed by atoms with Crippen LogP contribution in [0.2, 0.25) is 0 Å². The number of aliphatic hydroxyl groups is 3. The van der Waals surface area contributed by atoms with Gasteiger partial charge >= 0.3 is 5.97 Å². The quantitative estimate of drug-likeness (QED) is 0.0408. The number of hydrogen-bond donors (Lipinski definition) is 3. The molecule has 3 saturated carbocycles. The van der Waals surface area contributed by atoms with Crippen LogP contribution in [0.1, 0.15) is 203 Å². The predicted octanol–water partition coefficient (Wildman–Crippen LogP) is 14.3. The molecule has 1 saturated heterocycles. The Morgan fingerprint density at radius 2 is 1.36 bits per heavy atom. The first kappa shape index (κ1) is 55.6. The number of unbranched alkanes of at least 4 members (excludes halogenated alkanes) is 10. The summed E-state index contributed by atoms with van der Waals surface area (Å²) in [6.07, 6.45) is 45.6. The normalized spacial score (nSPS) is 34.3. The van der Waals surface area contributed by atoms with Gasteiger partial charge in [0.05, 0.1) is 6.10 Å². The predicted molar refractivity (Wildman–Crippen MR) is 276 cm³/mol. The van der Waals surface area contributed by atoms with E-state index in [1.807, 2.05) is 0 Å². The molecule has 0 spiro atoms. The SMILES string of the molecule is CC/C=C\C/C=C\C/C=C\C/C=C\CCCCCCCCCCCCC(=O)OCC1OC(OC2CCC3(C)C(=CCC4C3CCC3(C)C(C(C)/C=C/C(C)C(C)C)CCC43)C2)C(O)C(O)C1O. The van der Waals surface area contributed by atoms with Gasteiger partial charge in [-0.15, -0.1) is 0 Å². The van der Waals surface area contributed by atoms with Crippen molar-refractivity contribution in [3.05, 3.63) is 72.4 Å². The van der Waals surface area contributed by atoms with Crippen molar-refractivity contribution in [1.29, 1.82) is 0 Å². The fraction of sp³-hybridized carbons (Fsp3) is 0.783. The van der Waals surface area contributed by atoms with Gasteiger partial charge < -0.3 is 29.5 Å². The first-order chi connectivity index (χ1) is 32.3. The minimum Gasteiger partial charge on any atom is -0.463 e. The Morgan fingerprint density at radius 1 is 0.731 bits per heavy atom. The third-order valence-corrected chi connectivity index (χ3v) is 17.7. The molecule has 0 aromatic heterocycles. The van der Waals surface area contributed by atoms with Crippen molar-refractivity contribution >= 4 is 5.97 Å². The number of ether oxygens (including phenoxy) is 3. The van der Waals surface area contributed by atoms with E-state index in [1.54, 1.807) is 0 Å². The van der Waals surface area contributed by atoms with E-state index in [2.05, 4.69) is 115 Å². The lowest BCUT2D eigenvalue weighted by molar-refractivity contribution is -0.313. The Labute approximate surface area is 409 Å². The van der Waals surface area contributed by atoms with Crippen LogP contribution in [0, 0.1) is 52.3 Å². The van der Waals surface area contributed by atoms with Crippen LogP contribution >= 0.6 is 0 Å². The summed E-state index contributed by atoms with van der Waals surface area (Å²) in [6, 6.07) is 0. The van der Waals surface area contributed by atoms with Crippen molar-refractivity contribution in [2.45, 2.75) is 239 Å². The summed E-state index contributed by atoms with van der Waals surface area (Å²) in [5.41, 5.74) is 2.04. The average molecular weight is 931 g/mol.